The van der Waals surface area contributed by atoms with E-state index in [-0.39, 0.29) is 12.5 Å². The molecule has 0 unspecified atom stereocenters. The predicted octanol–water partition coefficient (Wildman–Crippen LogP) is 2.86. The zero-order valence-corrected chi connectivity index (χ0v) is 11.2. The molecule has 0 bridgehead atoms. The number of anilines is 1. The number of nitrogens with one attached hydrogen (secondary N) is 2. The van der Waals surface area contributed by atoms with Gasteiger partial charge in [-0.05, 0) is 47.9 Å². The van der Waals surface area contributed by atoms with Crippen molar-refractivity contribution >= 4 is 11.6 Å². The number of hydrogen-bond donors (Lipinski definition) is 2. The molecule has 0 saturated carbocycles. The molecule has 2 N–H and O–H groups in total. The molecule has 3 nitrogen and oxygen atoms in total. The Morgan fingerprint density at radius 1 is 1.14 bits per heavy atom. The lowest BCUT2D eigenvalue weighted by atomic mass is 10.1. The van der Waals surface area contributed by atoms with Crippen molar-refractivity contribution in [1.29, 1.82) is 0 Å². The lowest BCUT2D eigenvalue weighted by molar-refractivity contribution is 0.0951. The van der Waals surface area contributed by atoms with Crippen molar-refractivity contribution < 1.29 is 13.6 Å². The van der Waals surface area contributed by atoms with Gasteiger partial charge in [0, 0.05) is 24.3 Å². The van der Waals surface area contributed by atoms with Crippen molar-refractivity contribution in [3.8, 4) is 0 Å². The highest BCUT2D eigenvalue weighted by atomic mass is 19.2. The predicted molar refractivity (Wildman–Crippen MR) is 76.2 cm³/mol. The van der Waals surface area contributed by atoms with Crippen LogP contribution >= 0.6 is 0 Å². The Hall–Kier alpha value is -2.43. The van der Waals surface area contributed by atoms with Gasteiger partial charge in [0.05, 0.1) is 0 Å². The van der Waals surface area contributed by atoms with Gasteiger partial charge in [0.2, 0.25) is 0 Å². The molecule has 21 heavy (non-hydrogen) atoms. The maximum absolute atomic E-state index is 13.1. The van der Waals surface area contributed by atoms with Crippen LogP contribution < -0.4 is 10.6 Å². The Labute approximate surface area is 121 Å². The molecule has 0 saturated heterocycles. The molecule has 108 valence electrons. The van der Waals surface area contributed by atoms with Crippen LogP contribution in [-0.4, -0.2) is 12.5 Å². The van der Waals surface area contributed by atoms with Crippen LogP contribution in [0.25, 0.3) is 0 Å². The van der Waals surface area contributed by atoms with Crippen molar-refractivity contribution in [2.75, 3.05) is 11.9 Å². The van der Waals surface area contributed by atoms with Gasteiger partial charge in [-0.15, -0.1) is 0 Å². The fourth-order valence-corrected chi connectivity index (χ4v) is 2.38. The van der Waals surface area contributed by atoms with Crippen molar-refractivity contribution in [3.05, 3.63) is 64.7 Å². The Bertz CT molecular complexity index is 701. The van der Waals surface area contributed by atoms with E-state index >= 15 is 0 Å². The van der Waals surface area contributed by atoms with Gasteiger partial charge >= 0.3 is 0 Å². The summed E-state index contributed by atoms with van der Waals surface area (Å²) in [4.78, 5) is 12.1. The minimum atomic E-state index is -0.912. The van der Waals surface area contributed by atoms with Crippen molar-refractivity contribution in [3.63, 3.8) is 0 Å². The van der Waals surface area contributed by atoms with Gasteiger partial charge in [-0.2, -0.15) is 0 Å². The van der Waals surface area contributed by atoms with E-state index < -0.39 is 11.6 Å². The molecule has 0 atom stereocenters. The molecule has 1 heterocycles. The number of carbonyl (C=O) groups excluding carboxylic acids is 1. The smallest absolute Gasteiger partial charge is 0.251 e. The van der Waals surface area contributed by atoms with E-state index in [2.05, 4.69) is 10.6 Å². The molecule has 0 aromatic heterocycles. The van der Waals surface area contributed by atoms with Gasteiger partial charge in [-0.1, -0.05) is 6.07 Å². The zero-order chi connectivity index (χ0) is 14.8. The Morgan fingerprint density at radius 3 is 2.81 bits per heavy atom. The third kappa shape index (κ3) is 2.86. The van der Waals surface area contributed by atoms with Gasteiger partial charge < -0.3 is 10.6 Å². The molecule has 0 aliphatic carbocycles. The molecule has 1 aliphatic rings. The van der Waals surface area contributed by atoms with E-state index in [0.717, 1.165) is 36.3 Å². The molecule has 2 aromatic rings. The summed E-state index contributed by atoms with van der Waals surface area (Å²) in [6, 6.07) is 9.08. The van der Waals surface area contributed by atoms with Crippen LogP contribution in [0.4, 0.5) is 14.5 Å². The van der Waals surface area contributed by atoms with Crippen LogP contribution in [0.1, 0.15) is 21.5 Å². The molecule has 0 spiro atoms. The SMILES string of the molecule is O=C(NCc1ccc(F)c(F)c1)c1ccc2c(c1)CCN2. The molecule has 0 radical (unpaired) electrons. The fourth-order valence-electron chi connectivity index (χ4n) is 2.38. The highest BCUT2D eigenvalue weighted by molar-refractivity contribution is 5.95. The number of carbonyl (C=O) groups is 1. The number of benzene rings is 2. The van der Waals surface area contributed by atoms with Crippen LogP contribution in [0, 0.1) is 11.6 Å². The van der Waals surface area contributed by atoms with E-state index in [9.17, 15) is 13.6 Å². The second-order valence-corrected chi connectivity index (χ2v) is 4.98. The van der Waals surface area contributed by atoms with E-state index in [1.807, 2.05) is 12.1 Å². The largest absolute Gasteiger partial charge is 0.384 e. The number of halogens is 2. The van der Waals surface area contributed by atoms with Crippen LogP contribution in [-0.2, 0) is 13.0 Å². The highest BCUT2D eigenvalue weighted by Gasteiger charge is 2.13. The molecule has 0 fully saturated rings. The minimum Gasteiger partial charge on any atom is -0.384 e. The van der Waals surface area contributed by atoms with Crippen molar-refractivity contribution in [2.24, 2.45) is 0 Å². The van der Waals surface area contributed by atoms with Crippen molar-refractivity contribution in [2.45, 2.75) is 13.0 Å². The third-order valence-electron chi connectivity index (χ3n) is 3.51. The summed E-state index contributed by atoms with van der Waals surface area (Å²) in [7, 11) is 0. The normalized spacial score (nSPS) is 12.7. The average Bonchev–Trinajstić information content (AvgIpc) is 2.95. The summed E-state index contributed by atoms with van der Waals surface area (Å²) in [6.45, 7) is 1.04. The molecule has 1 amide bonds. The van der Waals surface area contributed by atoms with Gasteiger partial charge in [-0.25, -0.2) is 8.78 Å². The Kier molecular flexibility index (Phi) is 3.56. The van der Waals surface area contributed by atoms with E-state index in [4.69, 9.17) is 0 Å². The number of hydrogen-bond acceptors (Lipinski definition) is 2. The van der Waals surface area contributed by atoms with Gasteiger partial charge in [0.25, 0.3) is 5.91 Å². The molecular formula is C16H14F2N2O. The summed E-state index contributed by atoms with van der Waals surface area (Å²) in [6.07, 6.45) is 0.902. The number of fused-ring (bicyclic) bond motifs is 1. The molecular weight excluding hydrogens is 274 g/mol. The summed E-state index contributed by atoms with van der Waals surface area (Å²) < 4.78 is 25.9. The van der Waals surface area contributed by atoms with Crippen LogP contribution in [0.15, 0.2) is 36.4 Å². The van der Waals surface area contributed by atoms with E-state index in [0.29, 0.717) is 11.1 Å². The molecule has 1 aliphatic heterocycles. The van der Waals surface area contributed by atoms with Crippen LogP contribution in [0.5, 0.6) is 0 Å². The monoisotopic (exact) mass is 288 g/mol. The molecule has 5 heteroatoms. The topological polar surface area (TPSA) is 41.1 Å². The standard InChI is InChI=1S/C16H14F2N2O/c17-13-3-1-10(7-14(13)18)9-20-16(21)12-2-4-15-11(8-12)5-6-19-15/h1-4,7-8,19H,5-6,9H2,(H,20,21). The lowest BCUT2D eigenvalue weighted by Gasteiger charge is -2.07. The second-order valence-electron chi connectivity index (χ2n) is 4.98. The second kappa shape index (κ2) is 5.52. The summed E-state index contributed by atoms with van der Waals surface area (Å²) >= 11 is 0. The van der Waals surface area contributed by atoms with Crippen molar-refractivity contribution in [1.82, 2.24) is 5.32 Å². The maximum atomic E-state index is 13.1. The molecule has 3 rings (SSSR count). The minimum absolute atomic E-state index is 0.158. The summed E-state index contributed by atoms with van der Waals surface area (Å²) in [5.74, 6) is -2.03. The first-order valence-electron chi connectivity index (χ1n) is 6.72. The Morgan fingerprint density at radius 2 is 2.00 bits per heavy atom. The van der Waals surface area contributed by atoms with Gasteiger partial charge in [0.15, 0.2) is 11.6 Å². The first-order chi connectivity index (χ1) is 10.1. The van der Waals surface area contributed by atoms with E-state index in [1.54, 1.807) is 6.07 Å². The zero-order valence-electron chi connectivity index (χ0n) is 11.2. The number of amides is 1. The average molecular weight is 288 g/mol. The van der Waals surface area contributed by atoms with Crippen LogP contribution in [0.2, 0.25) is 0 Å². The Balaban J connectivity index is 1.67. The van der Waals surface area contributed by atoms with E-state index in [1.165, 1.54) is 6.07 Å². The van der Waals surface area contributed by atoms with Gasteiger partial charge in [0.1, 0.15) is 0 Å². The first kappa shape index (κ1) is 13.5. The fraction of sp³-hybridized carbons (Fsp3) is 0.188. The van der Waals surface area contributed by atoms with Crippen LogP contribution in [0.3, 0.4) is 0 Å². The third-order valence-corrected chi connectivity index (χ3v) is 3.51. The van der Waals surface area contributed by atoms with Gasteiger partial charge in [-0.3, -0.25) is 4.79 Å². The number of rotatable bonds is 3. The summed E-state index contributed by atoms with van der Waals surface area (Å²) in [5.41, 5.74) is 3.27. The lowest BCUT2D eigenvalue weighted by Crippen LogP contribution is -2.23. The first-order valence-corrected chi connectivity index (χ1v) is 6.72. The highest BCUT2D eigenvalue weighted by Crippen LogP contribution is 2.23. The quantitative estimate of drug-likeness (QED) is 0.912. The molecule has 2 aromatic carbocycles. The maximum Gasteiger partial charge on any atom is 0.251 e. The summed E-state index contributed by atoms with van der Waals surface area (Å²) in [5, 5.41) is 5.93.